The fourth-order valence-corrected chi connectivity index (χ4v) is 3.70. The molecule has 1 aliphatic rings. The molecular weight excluding hydrogens is 421 g/mol. The minimum Gasteiger partial charge on any atom is -0.490 e. The summed E-state index contributed by atoms with van der Waals surface area (Å²) in [5, 5.41) is 4.94. The van der Waals surface area contributed by atoms with Crippen LogP contribution < -0.4 is 14.8 Å². The number of nitrogens with one attached hydrogen (secondary N) is 1. The lowest BCUT2D eigenvalue weighted by Gasteiger charge is -2.16. The normalized spacial score (nSPS) is 16.4. The van der Waals surface area contributed by atoms with E-state index < -0.39 is 0 Å². The van der Waals surface area contributed by atoms with E-state index in [1.54, 1.807) is 12.1 Å². The van der Waals surface area contributed by atoms with Gasteiger partial charge in [-0.25, -0.2) is 0 Å². The second-order valence-corrected chi connectivity index (χ2v) is 7.86. The molecule has 2 aromatic carbocycles. The van der Waals surface area contributed by atoms with E-state index in [2.05, 4.69) is 5.32 Å². The molecule has 0 spiro atoms. The van der Waals surface area contributed by atoms with Crippen LogP contribution in [0.1, 0.15) is 30.9 Å². The largest absolute Gasteiger partial charge is 0.490 e. The molecule has 0 aromatic heterocycles. The third-order valence-corrected chi connectivity index (χ3v) is 5.48. The van der Waals surface area contributed by atoms with E-state index in [9.17, 15) is 0 Å². The predicted molar refractivity (Wildman–Crippen MR) is 114 cm³/mol. The van der Waals surface area contributed by atoms with Crippen LogP contribution in [0.4, 0.5) is 0 Å². The van der Waals surface area contributed by atoms with Gasteiger partial charge in [-0.05, 0) is 55.2 Å². The van der Waals surface area contributed by atoms with Crippen LogP contribution in [0.25, 0.3) is 0 Å². The van der Waals surface area contributed by atoms with Gasteiger partial charge in [-0.15, -0.1) is 0 Å². The van der Waals surface area contributed by atoms with Gasteiger partial charge in [-0.1, -0.05) is 40.9 Å². The molecule has 28 heavy (non-hydrogen) atoms. The molecule has 0 aliphatic carbocycles. The minimum atomic E-state index is 0.302. The fourth-order valence-electron chi connectivity index (χ4n) is 3.09. The molecule has 0 radical (unpaired) electrons. The van der Waals surface area contributed by atoms with Crippen LogP contribution >= 0.6 is 34.8 Å². The zero-order valence-corrected chi connectivity index (χ0v) is 18.0. The molecule has 0 unspecified atom stereocenters. The van der Waals surface area contributed by atoms with Crippen molar-refractivity contribution < 1.29 is 14.2 Å². The van der Waals surface area contributed by atoms with Crippen LogP contribution in [0.5, 0.6) is 11.5 Å². The quantitative estimate of drug-likeness (QED) is 0.523. The van der Waals surface area contributed by atoms with E-state index in [1.165, 1.54) is 0 Å². The van der Waals surface area contributed by atoms with Gasteiger partial charge in [0, 0.05) is 19.7 Å². The summed E-state index contributed by atoms with van der Waals surface area (Å²) in [6.07, 6.45) is 2.55. The lowest BCUT2D eigenvalue weighted by Crippen LogP contribution is -2.25. The van der Waals surface area contributed by atoms with Crippen LogP contribution in [0, 0.1) is 0 Å². The van der Waals surface area contributed by atoms with Gasteiger partial charge in [0.2, 0.25) is 0 Å². The van der Waals surface area contributed by atoms with Crippen molar-refractivity contribution in [3.8, 4) is 11.5 Å². The monoisotopic (exact) mass is 443 g/mol. The topological polar surface area (TPSA) is 39.7 Å². The highest BCUT2D eigenvalue weighted by molar-refractivity contribution is 6.42. The van der Waals surface area contributed by atoms with Crippen molar-refractivity contribution in [3.05, 3.63) is 56.5 Å². The average Bonchev–Trinajstić information content (AvgIpc) is 3.17. The summed E-state index contributed by atoms with van der Waals surface area (Å²) in [6.45, 7) is 5.14. The van der Waals surface area contributed by atoms with Gasteiger partial charge in [0.15, 0.2) is 11.5 Å². The average molecular weight is 445 g/mol. The molecular formula is C21H24Cl3NO3. The lowest BCUT2D eigenvalue weighted by atomic mass is 10.2. The molecule has 0 saturated carbocycles. The zero-order valence-electron chi connectivity index (χ0n) is 15.8. The molecule has 3 rings (SSSR count). The van der Waals surface area contributed by atoms with Crippen LogP contribution in [0.15, 0.2) is 30.3 Å². The molecule has 1 fully saturated rings. The highest BCUT2D eigenvalue weighted by Crippen LogP contribution is 2.37. The summed E-state index contributed by atoms with van der Waals surface area (Å²) in [4.78, 5) is 0. The smallest absolute Gasteiger partial charge is 0.180 e. The molecule has 0 bridgehead atoms. The Morgan fingerprint density at radius 1 is 1.04 bits per heavy atom. The third kappa shape index (κ3) is 5.91. The van der Waals surface area contributed by atoms with Crippen molar-refractivity contribution in [2.75, 3.05) is 19.8 Å². The van der Waals surface area contributed by atoms with E-state index in [0.29, 0.717) is 52.4 Å². The molecule has 7 heteroatoms. The van der Waals surface area contributed by atoms with Crippen molar-refractivity contribution in [2.24, 2.45) is 0 Å². The minimum absolute atomic E-state index is 0.302. The Balaban J connectivity index is 1.66. The van der Waals surface area contributed by atoms with Gasteiger partial charge >= 0.3 is 0 Å². The number of hydrogen-bond acceptors (Lipinski definition) is 4. The number of benzene rings is 2. The highest BCUT2D eigenvalue weighted by Gasteiger charge is 2.16. The van der Waals surface area contributed by atoms with E-state index in [-0.39, 0.29) is 0 Å². The summed E-state index contributed by atoms with van der Waals surface area (Å²) in [7, 11) is 0. The van der Waals surface area contributed by atoms with Crippen LogP contribution in [0.2, 0.25) is 15.1 Å². The van der Waals surface area contributed by atoms with E-state index in [0.717, 1.165) is 37.1 Å². The molecule has 1 aliphatic heterocycles. The summed E-state index contributed by atoms with van der Waals surface area (Å²) in [5.41, 5.74) is 1.93. The Bertz CT molecular complexity index is 795. The number of hydrogen-bond donors (Lipinski definition) is 1. The van der Waals surface area contributed by atoms with Crippen molar-refractivity contribution in [1.29, 1.82) is 0 Å². The van der Waals surface area contributed by atoms with Crippen molar-refractivity contribution in [2.45, 2.75) is 39.0 Å². The molecule has 4 nitrogen and oxygen atoms in total. The SMILES string of the molecule is CCOc1cc(CNC[C@H]2CCCO2)cc(Cl)c1OCc1ccc(Cl)c(Cl)c1. The summed E-state index contributed by atoms with van der Waals surface area (Å²) >= 11 is 18.5. The van der Waals surface area contributed by atoms with E-state index >= 15 is 0 Å². The first kappa shape index (κ1) is 21.5. The Morgan fingerprint density at radius 3 is 2.57 bits per heavy atom. The van der Waals surface area contributed by atoms with E-state index in [4.69, 9.17) is 49.0 Å². The van der Waals surface area contributed by atoms with Crippen molar-refractivity contribution >= 4 is 34.8 Å². The molecule has 1 N–H and O–H groups in total. The predicted octanol–water partition coefficient (Wildman–Crippen LogP) is 5.89. The first-order valence-electron chi connectivity index (χ1n) is 9.41. The molecule has 1 heterocycles. The lowest BCUT2D eigenvalue weighted by molar-refractivity contribution is 0.110. The second kappa shape index (κ2) is 10.6. The first-order chi connectivity index (χ1) is 13.6. The highest BCUT2D eigenvalue weighted by atomic mass is 35.5. The standard InChI is InChI=1S/C21H24Cl3NO3/c1-2-26-20-10-15(11-25-12-16-4-3-7-27-16)9-19(24)21(20)28-13-14-5-6-17(22)18(23)8-14/h5-6,8-10,16,25H,2-4,7,11-13H2,1H3/t16-/m1/s1. The number of ether oxygens (including phenoxy) is 3. The van der Waals surface area contributed by atoms with E-state index in [1.807, 2.05) is 25.1 Å². The Morgan fingerprint density at radius 2 is 1.86 bits per heavy atom. The molecule has 0 amide bonds. The van der Waals surface area contributed by atoms with Gasteiger partial charge in [0.05, 0.1) is 27.8 Å². The van der Waals surface area contributed by atoms with Gasteiger partial charge < -0.3 is 19.5 Å². The maximum absolute atomic E-state index is 6.49. The Kier molecular flexibility index (Phi) is 8.12. The van der Waals surface area contributed by atoms with Crippen LogP contribution in [-0.4, -0.2) is 25.9 Å². The number of rotatable bonds is 9. The fraction of sp³-hybridized carbons (Fsp3) is 0.429. The second-order valence-electron chi connectivity index (χ2n) is 6.64. The summed E-state index contributed by atoms with van der Waals surface area (Å²) < 4.78 is 17.3. The Hall–Kier alpha value is -1.17. The zero-order chi connectivity index (χ0) is 19.9. The maximum Gasteiger partial charge on any atom is 0.180 e. The molecule has 1 saturated heterocycles. The molecule has 2 aromatic rings. The van der Waals surface area contributed by atoms with Crippen molar-refractivity contribution in [1.82, 2.24) is 5.32 Å². The maximum atomic E-state index is 6.49. The Labute approximate surface area is 181 Å². The summed E-state index contributed by atoms with van der Waals surface area (Å²) in [5.74, 6) is 1.15. The van der Waals surface area contributed by atoms with Crippen molar-refractivity contribution in [3.63, 3.8) is 0 Å². The van der Waals surface area contributed by atoms with Crippen LogP contribution in [0.3, 0.4) is 0 Å². The summed E-state index contributed by atoms with van der Waals surface area (Å²) in [6, 6.07) is 9.25. The third-order valence-electron chi connectivity index (χ3n) is 4.46. The first-order valence-corrected chi connectivity index (χ1v) is 10.5. The van der Waals surface area contributed by atoms with Gasteiger partial charge in [-0.2, -0.15) is 0 Å². The van der Waals surface area contributed by atoms with Gasteiger partial charge in [0.1, 0.15) is 6.61 Å². The number of halogens is 3. The molecule has 1 atom stereocenters. The van der Waals surface area contributed by atoms with Crippen LogP contribution in [-0.2, 0) is 17.9 Å². The molecule has 152 valence electrons. The van der Waals surface area contributed by atoms with Gasteiger partial charge in [0.25, 0.3) is 0 Å². The van der Waals surface area contributed by atoms with Gasteiger partial charge in [-0.3, -0.25) is 0 Å².